The molecule has 3 aromatic rings. The number of nitrogen functional groups attached to an aromatic ring is 2. The first-order valence-electron chi connectivity index (χ1n) is 8.77. The predicted molar refractivity (Wildman–Crippen MR) is 98.1 cm³/mol. The molecule has 3 aromatic carbocycles. The lowest BCUT2D eigenvalue weighted by atomic mass is 10.0. The maximum atomic E-state index is 14.6. The number of halogens is 10. The summed E-state index contributed by atoms with van der Waals surface area (Å²) in [7, 11) is 0. The molecule has 0 amide bonds. The van der Waals surface area contributed by atoms with Gasteiger partial charge in [0.25, 0.3) is 0 Å². The van der Waals surface area contributed by atoms with Crippen LogP contribution in [0.25, 0.3) is 0 Å². The highest BCUT2D eigenvalue weighted by Crippen LogP contribution is 2.53. The summed E-state index contributed by atoms with van der Waals surface area (Å²) in [5, 5.41) is 0. The summed E-state index contributed by atoms with van der Waals surface area (Å²) in [6.07, 6.45) is -11.9. The van der Waals surface area contributed by atoms with Crippen molar-refractivity contribution in [1.29, 1.82) is 0 Å². The van der Waals surface area contributed by atoms with Crippen LogP contribution in [0.4, 0.5) is 55.3 Å². The zero-order chi connectivity index (χ0) is 25.6. The smallest absolute Gasteiger partial charge is 0.423 e. The number of rotatable bonds is 4. The zero-order valence-electron chi connectivity index (χ0n) is 16.2. The number of anilines is 2. The van der Waals surface area contributed by atoms with Gasteiger partial charge in [-0.25, -0.2) is 13.2 Å². The summed E-state index contributed by atoms with van der Waals surface area (Å²) >= 11 is 0. The molecule has 0 heterocycles. The van der Waals surface area contributed by atoms with E-state index in [2.05, 4.69) is 9.47 Å². The minimum atomic E-state index is -5.96. The van der Waals surface area contributed by atoms with E-state index in [4.69, 9.17) is 11.5 Å². The molecule has 14 heteroatoms. The Hall–Kier alpha value is -3.84. The van der Waals surface area contributed by atoms with Crippen molar-refractivity contribution >= 4 is 11.4 Å². The Bertz CT molecular complexity index is 1260. The minimum absolute atomic E-state index is 0.589. The van der Waals surface area contributed by atoms with Crippen LogP contribution in [0.3, 0.4) is 0 Å². The van der Waals surface area contributed by atoms with Crippen molar-refractivity contribution < 1.29 is 53.4 Å². The molecular formula is C20H10F10N2O2. The molecule has 0 aliphatic carbocycles. The molecule has 34 heavy (non-hydrogen) atoms. The highest BCUT2D eigenvalue weighted by molar-refractivity contribution is 5.58. The number of hydrogen-bond acceptors (Lipinski definition) is 4. The molecule has 0 atom stereocenters. The normalized spacial score (nSPS) is 12.1. The summed E-state index contributed by atoms with van der Waals surface area (Å²) in [6, 6.07) is 4.95. The van der Waals surface area contributed by atoms with Crippen molar-refractivity contribution in [2.75, 3.05) is 11.5 Å². The molecule has 0 radical (unpaired) electrons. The average molecular weight is 500 g/mol. The van der Waals surface area contributed by atoms with Gasteiger partial charge in [-0.2, -0.15) is 30.7 Å². The van der Waals surface area contributed by atoms with Crippen molar-refractivity contribution in [2.24, 2.45) is 0 Å². The topological polar surface area (TPSA) is 70.5 Å². The van der Waals surface area contributed by atoms with Crippen molar-refractivity contribution in [1.82, 2.24) is 0 Å². The van der Waals surface area contributed by atoms with Gasteiger partial charge in [-0.05, 0) is 24.3 Å². The van der Waals surface area contributed by atoms with E-state index in [1.807, 2.05) is 0 Å². The molecule has 0 aliphatic rings. The van der Waals surface area contributed by atoms with E-state index < -0.39 is 81.1 Å². The van der Waals surface area contributed by atoms with Gasteiger partial charge in [-0.15, -0.1) is 0 Å². The molecule has 3 rings (SSSR count). The number of hydrogen-bond donors (Lipinski definition) is 2. The van der Waals surface area contributed by atoms with Gasteiger partial charge in [-0.3, -0.25) is 0 Å². The largest absolute Gasteiger partial charge is 0.453 e. The van der Waals surface area contributed by atoms with Crippen LogP contribution in [0.5, 0.6) is 23.0 Å². The molecule has 4 N–H and O–H groups in total. The Morgan fingerprint density at radius 2 is 0.941 bits per heavy atom. The molecule has 0 bridgehead atoms. The van der Waals surface area contributed by atoms with Crippen molar-refractivity contribution in [3.05, 3.63) is 70.8 Å². The van der Waals surface area contributed by atoms with Crippen LogP contribution >= 0.6 is 0 Å². The molecule has 0 spiro atoms. The minimum Gasteiger partial charge on any atom is -0.453 e. The van der Waals surface area contributed by atoms with Crippen LogP contribution < -0.4 is 20.9 Å². The monoisotopic (exact) mass is 500 g/mol. The fourth-order valence-corrected chi connectivity index (χ4v) is 2.79. The highest BCUT2D eigenvalue weighted by Gasteiger charge is 2.50. The van der Waals surface area contributed by atoms with Crippen LogP contribution in [-0.2, 0) is 12.4 Å². The summed E-state index contributed by atoms with van der Waals surface area (Å²) < 4.78 is 149. The molecule has 0 aromatic heterocycles. The maximum absolute atomic E-state index is 14.6. The standard InChI is InChI=1S/C20H10F10N2O2/c21-13-7(31)3-1-5-9(13)33-17-11(19(25,26)27)15(23)16(24)18(12(17)20(28,29)30)34-10-6-2-4-8(32)14(10)22/h1-6H,31-32H2. The van der Waals surface area contributed by atoms with Gasteiger partial charge in [-0.1, -0.05) is 12.1 Å². The Morgan fingerprint density at radius 1 is 0.529 bits per heavy atom. The van der Waals surface area contributed by atoms with Crippen LogP contribution in [0.2, 0.25) is 0 Å². The van der Waals surface area contributed by atoms with E-state index in [-0.39, 0.29) is 0 Å². The molecule has 0 saturated carbocycles. The van der Waals surface area contributed by atoms with Crippen molar-refractivity contribution in [3.63, 3.8) is 0 Å². The van der Waals surface area contributed by atoms with Crippen LogP contribution in [-0.4, -0.2) is 0 Å². The van der Waals surface area contributed by atoms with Gasteiger partial charge >= 0.3 is 12.4 Å². The third-order valence-electron chi connectivity index (χ3n) is 4.27. The SMILES string of the molecule is Nc1cccc(Oc2c(F)c(F)c(C(F)(F)F)c(Oc3cccc(N)c3F)c2C(F)(F)F)c1F. The van der Waals surface area contributed by atoms with E-state index in [1.54, 1.807) is 0 Å². The van der Waals surface area contributed by atoms with E-state index in [0.717, 1.165) is 24.3 Å². The van der Waals surface area contributed by atoms with E-state index in [9.17, 15) is 43.9 Å². The van der Waals surface area contributed by atoms with Gasteiger partial charge < -0.3 is 20.9 Å². The molecule has 4 nitrogen and oxygen atoms in total. The highest BCUT2D eigenvalue weighted by atomic mass is 19.4. The van der Waals surface area contributed by atoms with Crippen molar-refractivity contribution in [3.8, 4) is 23.0 Å². The molecule has 0 saturated heterocycles. The van der Waals surface area contributed by atoms with E-state index >= 15 is 0 Å². The number of ether oxygens (including phenoxy) is 2. The second-order valence-corrected chi connectivity index (χ2v) is 6.55. The zero-order valence-corrected chi connectivity index (χ0v) is 16.2. The lowest BCUT2D eigenvalue weighted by Gasteiger charge is -2.23. The van der Waals surface area contributed by atoms with Gasteiger partial charge in [0.15, 0.2) is 40.4 Å². The lowest BCUT2D eigenvalue weighted by molar-refractivity contribution is -0.147. The fraction of sp³-hybridized carbons (Fsp3) is 0.100. The first-order valence-corrected chi connectivity index (χ1v) is 8.77. The lowest BCUT2D eigenvalue weighted by Crippen LogP contribution is -2.19. The fourth-order valence-electron chi connectivity index (χ4n) is 2.79. The average Bonchev–Trinajstić information content (AvgIpc) is 2.70. The Morgan fingerprint density at radius 3 is 1.35 bits per heavy atom. The predicted octanol–water partition coefficient (Wildman–Crippen LogP) is 7.03. The first kappa shape index (κ1) is 24.8. The second-order valence-electron chi connectivity index (χ2n) is 6.55. The number of alkyl halides is 6. The quantitative estimate of drug-likeness (QED) is 0.298. The van der Waals surface area contributed by atoms with E-state index in [1.165, 1.54) is 0 Å². The summed E-state index contributed by atoms with van der Waals surface area (Å²) in [6.45, 7) is 0. The Labute approximate surface area is 183 Å². The number of nitrogens with two attached hydrogens (primary N) is 2. The van der Waals surface area contributed by atoms with Gasteiger partial charge in [0.2, 0.25) is 5.82 Å². The maximum Gasteiger partial charge on any atom is 0.423 e. The third-order valence-corrected chi connectivity index (χ3v) is 4.27. The summed E-state index contributed by atoms with van der Waals surface area (Å²) in [4.78, 5) is 0. The molecular weight excluding hydrogens is 490 g/mol. The van der Waals surface area contributed by atoms with Gasteiger partial charge in [0.1, 0.15) is 11.1 Å². The molecule has 0 unspecified atom stereocenters. The summed E-state index contributed by atoms with van der Waals surface area (Å²) in [5.74, 6) is -15.8. The first-order chi connectivity index (χ1) is 15.6. The third kappa shape index (κ3) is 4.47. The Balaban J connectivity index is 2.41. The van der Waals surface area contributed by atoms with Crippen LogP contribution in [0.15, 0.2) is 36.4 Å². The van der Waals surface area contributed by atoms with Gasteiger partial charge in [0.05, 0.1) is 11.4 Å². The van der Waals surface area contributed by atoms with Crippen LogP contribution in [0, 0.1) is 23.3 Å². The molecule has 182 valence electrons. The number of benzene rings is 3. The van der Waals surface area contributed by atoms with Crippen molar-refractivity contribution in [2.45, 2.75) is 12.4 Å². The van der Waals surface area contributed by atoms with Gasteiger partial charge in [0, 0.05) is 0 Å². The molecule has 0 fully saturated rings. The second kappa shape index (κ2) is 8.50. The molecule has 0 aliphatic heterocycles. The van der Waals surface area contributed by atoms with Crippen LogP contribution in [0.1, 0.15) is 11.1 Å². The Kier molecular flexibility index (Phi) is 6.20. The summed E-state index contributed by atoms with van der Waals surface area (Å²) in [5.41, 5.74) is 3.56. The van der Waals surface area contributed by atoms with E-state index in [0.29, 0.717) is 12.1 Å².